The van der Waals surface area contributed by atoms with Crippen LogP contribution in [0.3, 0.4) is 0 Å². The van der Waals surface area contributed by atoms with Crippen LogP contribution in [0.15, 0.2) is 12.3 Å². The molecule has 64 valence electrons. The average Bonchev–Trinajstić information content (AvgIpc) is 2.04. The Kier molecular flexibility index (Phi) is 2.50. The largest absolute Gasteiger partial charge is 0.386 e. The number of halogens is 1. The summed E-state index contributed by atoms with van der Waals surface area (Å²) in [5.41, 5.74) is 6.01. The van der Waals surface area contributed by atoms with Crippen LogP contribution in [0.4, 0.5) is 5.69 Å². The Bertz CT molecular complexity index is 314. The lowest BCUT2D eigenvalue weighted by atomic mass is 10.2. The van der Waals surface area contributed by atoms with Crippen LogP contribution in [0.2, 0.25) is 5.15 Å². The number of hydrogen-bond acceptors (Lipinski definition) is 3. The number of nitrogens with one attached hydrogen (secondary N) is 1. The Labute approximate surface area is 74.7 Å². The summed E-state index contributed by atoms with van der Waals surface area (Å²) in [7, 11) is 1.68. The third-order valence-electron chi connectivity index (χ3n) is 1.41. The fourth-order valence-electron chi connectivity index (χ4n) is 0.833. The van der Waals surface area contributed by atoms with Crippen molar-refractivity contribution >= 4 is 23.2 Å². The molecule has 0 unspecified atom stereocenters. The fraction of sp³-hybridized carbons (Fsp3) is 0.143. The molecule has 1 amide bonds. The summed E-state index contributed by atoms with van der Waals surface area (Å²) in [6, 6.07) is 1.43. The van der Waals surface area contributed by atoms with Crippen molar-refractivity contribution in [3.05, 3.63) is 23.0 Å². The second-order valence-electron chi connectivity index (χ2n) is 2.17. The van der Waals surface area contributed by atoms with Crippen LogP contribution in [0.5, 0.6) is 0 Å². The average molecular weight is 186 g/mol. The minimum atomic E-state index is -0.524. The monoisotopic (exact) mass is 185 g/mol. The van der Waals surface area contributed by atoms with Gasteiger partial charge in [-0.25, -0.2) is 4.98 Å². The molecule has 3 N–H and O–H groups in total. The number of pyridine rings is 1. The Hall–Kier alpha value is -1.29. The summed E-state index contributed by atoms with van der Waals surface area (Å²) >= 11 is 5.57. The third-order valence-corrected chi connectivity index (χ3v) is 1.61. The molecule has 1 aromatic rings. The fourth-order valence-corrected chi connectivity index (χ4v) is 0.991. The van der Waals surface area contributed by atoms with Gasteiger partial charge in [0.1, 0.15) is 5.15 Å². The van der Waals surface area contributed by atoms with Crippen molar-refractivity contribution in [2.24, 2.45) is 5.73 Å². The maximum atomic E-state index is 10.8. The molecule has 1 heterocycles. The van der Waals surface area contributed by atoms with E-state index < -0.39 is 5.91 Å². The molecule has 0 aliphatic heterocycles. The van der Waals surface area contributed by atoms with Crippen LogP contribution in [0.1, 0.15) is 10.4 Å². The molecule has 12 heavy (non-hydrogen) atoms. The molecule has 1 rings (SSSR count). The van der Waals surface area contributed by atoms with Gasteiger partial charge in [0.2, 0.25) is 0 Å². The zero-order chi connectivity index (χ0) is 9.14. The summed E-state index contributed by atoms with van der Waals surface area (Å²) < 4.78 is 0. The van der Waals surface area contributed by atoms with Crippen LogP contribution in [-0.4, -0.2) is 17.9 Å². The number of primary amides is 1. The Balaban J connectivity index is 3.21. The van der Waals surface area contributed by atoms with E-state index in [9.17, 15) is 4.79 Å². The molecular formula is C7H8ClN3O. The summed E-state index contributed by atoms with van der Waals surface area (Å²) in [5.74, 6) is -0.524. The van der Waals surface area contributed by atoms with E-state index in [1.807, 2.05) is 0 Å². The van der Waals surface area contributed by atoms with Gasteiger partial charge in [0, 0.05) is 7.05 Å². The maximum Gasteiger partial charge on any atom is 0.250 e. The predicted molar refractivity (Wildman–Crippen MR) is 47.3 cm³/mol. The highest BCUT2D eigenvalue weighted by molar-refractivity contribution is 6.29. The van der Waals surface area contributed by atoms with Crippen molar-refractivity contribution in [1.82, 2.24) is 4.98 Å². The molecule has 0 saturated heterocycles. The van der Waals surface area contributed by atoms with Gasteiger partial charge in [0.05, 0.1) is 17.4 Å². The summed E-state index contributed by atoms with van der Waals surface area (Å²) in [5, 5.41) is 3.03. The Morgan fingerprint density at radius 2 is 2.42 bits per heavy atom. The van der Waals surface area contributed by atoms with Crippen LogP contribution in [-0.2, 0) is 0 Å². The third kappa shape index (κ3) is 1.65. The Morgan fingerprint density at radius 3 is 2.92 bits per heavy atom. The smallest absolute Gasteiger partial charge is 0.250 e. The lowest BCUT2D eigenvalue weighted by Crippen LogP contribution is -2.13. The number of carbonyl (C=O) groups is 1. The summed E-state index contributed by atoms with van der Waals surface area (Å²) in [4.78, 5) is 14.6. The van der Waals surface area contributed by atoms with Crippen molar-refractivity contribution in [1.29, 1.82) is 0 Å². The van der Waals surface area contributed by atoms with E-state index in [-0.39, 0.29) is 5.15 Å². The normalized spacial score (nSPS) is 9.50. The highest BCUT2D eigenvalue weighted by Gasteiger charge is 2.07. The highest BCUT2D eigenvalue weighted by atomic mass is 35.5. The minimum absolute atomic E-state index is 0.253. The lowest BCUT2D eigenvalue weighted by molar-refractivity contribution is 0.100. The number of nitrogens with zero attached hydrogens (tertiary/aromatic N) is 1. The lowest BCUT2D eigenvalue weighted by Gasteiger charge is -2.04. The molecule has 0 aromatic carbocycles. The van der Waals surface area contributed by atoms with E-state index >= 15 is 0 Å². The first kappa shape index (κ1) is 8.80. The number of carbonyl (C=O) groups excluding carboxylic acids is 1. The van der Waals surface area contributed by atoms with Gasteiger partial charge in [0.15, 0.2) is 0 Å². The van der Waals surface area contributed by atoms with Gasteiger partial charge in [-0.3, -0.25) is 4.79 Å². The predicted octanol–water partition coefficient (Wildman–Crippen LogP) is 0.876. The van der Waals surface area contributed by atoms with Crippen LogP contribution in [0.25, 0.3) is 0 Å². The van der Waals surface area contributed by atoms with E-state index in [1.54, 1.807) is 7.05 Å². The van der Waals surface area contributed by atoms with Gasteiger partial charge in [-0.05, 0) is 6.07 Å². The maximum absolute atomic E-state index is 10.8. The van der Waals surface area contributed by atoms with E-state index in [4.69, 9.17) is 17.3 Å². The quantitative estimate of drug-likeness (QED) is 0.672. The first-order chi connectivity index (χ1) is 5.65. The number of nitrogens with two attached hydrogens (primary N) is 1. The SMILES string of the molecule is CNc1cnc(Cl)cc1C(N)=O. The molecule has 0 radical (unpaired) electrons. The molecule has 5 heteroatoms. The summed E-state index contributed by atoms with van der Waals surface area (Å²) in [6.07, 6.45) is 1.46. The van der Waals surface area contributed by atoms with Crippen LogP contribution < -0.4 is 11.1 Å². The van der Waals surface area contributed by atoms with Crippen molar-refractivity contribution in [3.8, 4) is 0 Å². The molecule has 4 nitrogen and oxygen atoms in total. The van der Waals surface area contributed by atoms with Crippen LogP contribution in [0, 0.1) is 0 Å². The summed E-state index contributed by atoms with van der Waals surface area (Å²) in [6.45, 7) is 0. The molecule has 0 bridgehead atoms. The number of hydrogen-bond donors (Lipinski definition) is 2. The molecule has 0 fully saturated rings. The molecule has 0 atom stereocenters. The molecule has 1 aromatic heterocycles. The van der Waals surface area contributed by atoms with Gasteiger partial charge >= 0.3 is 0 Å². The zero-order valence-electron chi connectivity index (χ0n) is 6.47. The van der Waals surface area contributed by atoms with Gasteiger partial charge in [-0.15, -0.1) is 0 Å². The first-order valence-corrected chi connectivity index (χ1v) is 3.66. The first-order valence-electron chi connectivity index (χ1n) is 3.28. The van der Waals surface area contributed by atoms with Gasteiger partial charge < -0.3 is 11.1 Å². The minimum Gasteiger partial charge on any atom is -0.386 e. The number of aromatic nitrogens is 1. The molecule has 0 aliphatic carbocycles. The van der Waals surface area contributed by atoms with Crippen molar-refractivity contribution in [3.63, 3.8) is 0 Å². The van der Waals surface area contributed by atoms with Crippen molar-refractivity contribution < 1.29 is 4.79 Å². The second kappa shape index (κ2) is 3.40. The number of anilines is 1. The standard InChI is InChI=1S/C7H8ClN3O/c1-10-5-3-11-6(8)2-4(5)7(9)12/h2-3,10H,1H3,(H2,9,12). The van der Waals surface area contributed by atoms with Crippen LogP contribution >= 0.6 is 11.6 Å². The second-order valence-corrected chi connectivity index (χ2v) is 2.55. The molecular weight excluding hydrogens is 178 g/mol. The van der Waals surface area contributed by atoms with Gasteiger partial charge in [-0.1, -0.05) is 11.6 Å². The molecule has 0 spiro atoms. The van der Waals surface area contributed by atoms with Crippen molar-refractivity contribution in [2.45, 2.75) is 0 Å². The van der Waals surface area contributed by atoms with Gasteiger partial charge in [0.25, 0.3) is 5.91 Å². The molecule has 0 aliphatic rings. The number of rotatable bonds is 2. The van der Waals surface area contributed by atoms with Crippen molar-refractivity contribution in [2.75, 3.05) is 12.4 Å². The highest BCUT2D eigenvalue weighted by Crippen LogP contribution is 2.16. The Morgan fingerprint density at radius 1 is 1.75 bits per heavy atom. The van der Waals surface area contributed by atoms with E-state index in [1.165, 1.54) is 12.3 Å². The van der Waals surface area contributed by atoms with E-state index in [0.717, 1.165) is 0 Å². The number of amides is 1. The van der Waals surface area contributed by atoms with Gasteiger partial charge in [-0.2, -0.15) is 0 Å². The topological polar surface area (TPSA) is 68.0 Å². The van der Waals surface area contributed by atoms with E-state index in [0.29, 0.717) is 11.3 Å². The van der Waals surface area contributed by atoms with E-state index in [2.05, 4.69) is 10.3 Å². The molecule has 0 saturated carbocycles. The zero-order valence-corrected chi connectivity index (χ0v) is 7.22.